The van der Waals surface area contributed by atoms with E-state index >= 15 is 0 Å². The molecule has 21 heavy (non-hydrogen) atoms. The number of ether oxygens (including phenoxy) is 1. The molecule has 0 aromatic heterocycles. The summed E-state index contributed by atoms with van der Waals surface area (Å²) < 4.78 is 6.62. The van der Waals surface area contributed by atoms with E-state index in [2.05, 4.69) is 11.9 Å². The summed E-state index contributed by atoms with van der Waals surface area (Å²) in [4.78, 5) is 2.77. The first-order valence-electron chi connectivity index (χ1n) is 9.70. The SMILES string of the molecule is CN1C2CCCCCCC(CC2)OC2CCCCCC1C2. The van der Waals surface area contributed by atoms with Gasteiger partial charge >= 0.3 is 0 Å². The molecule has 4 atom stereocenters. The van der Waals surface area contributed by atoms with Crippen LogP contribution in [0.4, 0.5) is 0 Å². The molecule has 122 valence electrons. The molecule has 3 fully saturated rings. The van der Waals surface area contributed by atoms with Gasteiger partial charge in [0.1, 0.15) is 0 Å². The zero-order valence-corrected chi connectivity index (χ0v) is 14.1. The second-order valence-corrected chi connectivity index (χ2v) is 7.80. The fourth-order valence-corrected chi connectivity index (χ4v) is 4.85. The smallest absolute Gasteiger partial charge is 0.0593 e. The van der Waals surface area contributed by atoms with Crippen LogP contribution < -0.4 is 0 Å². The van der Waals surface area contributed by atoms with Crippen molar-refractivity contribution in [2.75, 3.05) is 7.05 Å². The summed E-state index contributed by atoms with van der Waals surface area (Å²) in [6, 6.07) is 1.59. The van der Waals surface area contributed by atoms with E-state index in [4.69, 9.17) is 4.74 Å². The fourth-order valence-electron chi connectivity index (χ4n) is 4.85. The van der Waals surface area contributed by atoms with E-state index in [0.717, 1.165) is 12.1 Å². The molecule has 2 heteroatoms. The largest absolute Gasteiger partial charge is 0.375 e. The zero-order chi connectivity index (χ0) is 14.5. The van der Waals surface area contributed by atoms with Crippen LogP contribution in [-0.2, 0) is 4.74 Å². The normalized spacial score (nSPS) is 40.4. The van der Waals surface area contributed by atoms with Gasteiger partial charge in [-0.25, -0.2) is 0 Å². The van der Waals surface area contributed by atoms with Crippen molar-refractivity contribution in [1.82, 2.24) is 4.90 Å². The maximum absolute atomic E-state index is 6.62. The van der Waals surface area contributed by atoms with E-state index in [-0.39, 0.29) is 0 Å². The van der Waals surface area contributed by atoms with Gasteiger partial charge in [-0.2, -0.15) is 0 Å². The molecule has 2 nitrogen and oxygen atoms in total. The van der Waals surface area contributed by atoms with Crippen LogP contribution in [0.25, 0.3) is 0 Å². The van der Waals surface area contributed by atoms with Crippen molar-refractivity contribution in [2.24, 2.45) is 0 Å². The van der Waals surface area contributed by atoms with Crippen LogP contribution >= 0.6 is 0 Å². The van der Waals surface area contributed by atoms with Gasteiger partial charge < -0.3 is 9.64 Å². The highest BCUT2D eigenvalue weighted by atomic mass is 16.5. The summed E-state index contributed by atoms with van der Waals surface area (Å²) >= 11 is 0. The van der Waals surface area contributed by atoms with Gasteiger partial charge in [0.25, 0.3) is 0 Å². The van der Waals surface area contributed by atoms with E-state index < -0.39 is 0 Å². The first-order chi connectivity index (χ1) is 10.3. The van der Waals surface area contributed by atoms with E-state index in [9.17, 15) is 0 Å². The van der Waals surface area contributed by atoms with Gasteiger partial charge in [-0.3, -0.25) is 0 Å². The molecular weight excluding hydrogens is 258 g/mol. The highest BCUT2D eigenvalue weighted by Crippen LogP contribution is 2.32. The minimum atomic E-state index is 0.544. The topological polar surface area (TPSA) is 12.5 Å². The molecule has 0 aromatic rings. The van der Waals surface area contributed by atoms with Gasteiger partial charge in [0.2, 0.25) is 0 Å². The Morgan fingerprint density at radius 2 is 1.24 bits per heavy atom. The van der Waals surface area contributed by atoms with Gasteiger partial charge in [-0.1, -0.05) is 44.9 Å². The molecule has 4 bridgehead atoms. The first kappa shape index (κ1) is 15.8. The van der Waals surface area contributed by atoms with Crippen molar-refractivity contribution in [3.63, 3.8) is 0 Å². The van der Waals surface area contributed by atoms with Crippen molar-refractivity contribution in [3.8, 4) is 0 Å². The molecule has 2 aliphatic carbocycles. The number of hydrogen-bond donors (Lipinski definition) is 0. The monoisotopic (exact) mass is 293 g/mol. The number of nitrogens with zero attached hydrogens (tertiary/aromatic N) is 1. The molecule has 1 aliphatic heterocycles. The predicted octanol–water partition coefficient (Wildman–Crippen LogP) is 4.91. The lowest BCUT2D eigenvalue weighted by atomic mass is 9.91. The second kappa shape index (κ2) is 7.97. The molecule has 3 aliphatic rings. The molecular formula is C19H35NO. The molecule has 3 rings (SSSR count). The minimum Gasteiger partial charge on any atom is -0.375 e. The summed E-state index contributed by atoms with van der Waals surface area (Å²) in [6.45, 7) is 0. The van der Waals surface area contributed by atoms with Crippen LogP contribution in [0.3, 0.4) is 0 Å². The van der Waals surface area contributed by atoms with Crippen LogP contribution in [-0.4, -0.2) is 36.2 Å². The third kappa shape index (κ3) is 4.45. The standard InChI is InChI=1S/C19H35NO/c1-20-16-9-5-2-3-7-11-18(14-13-16)21-19-12-8-4-6-10-17(20)15-19/h16-19H,2-15H2,1H3. The molecule has 0 radical (unpaired) electrons. The summed E-state index contributed by atoms with van der Waals surface area (Å²) in [5.74, 6) is 0. The van der Waals surface area contributed by atoms with Gasteiger partial charge in [-0.05, 0) is 52.0 Å². The third-order valence-electron chi connectivity index (χ3n) is 6.27. The molecule has 2 saturated carbocycles. The number of hydrogen-bond acceptors (Lipinski definition) is 2. The van der Waals surface area contributed by atoms with E-state index in [1.165, 1.54) is 89.9 Å². The zero-order valence-electron chi connectivity index (χ0n) is 14.1. The summed E-state index contributed by atoms with van der Waals surface area (Å²) in [6.07, 6.45) is 20.4. The van der Waals surface area contributed by atoms with Gasteiger partial charge in [0.15, 0.2) is 0 Å². The maximum atomic E-state index is 6.62. The Balaban J connectivity index is 1.77. The van der Waals surface area contributed by atoms with E-state index in [1.54, 1.807) is 0 Å². The Morgan fingerprint density at radius 1 is 0.619 bits per heavy atom. The summed E-state index contributed by atoms with van der Waals surface area (Å²) in [5.41, 5.74) is 0. The van der Waals surface area contributed by atoms with Crippen LogP contribution in [0.5, 0.6) is 0 Å². The Hall–Kier alpha value is -0.0800. The van der Waals surface area contributed by atoms with Crippen LogP contribution in [0, 0.1) is 0 Å². The van der Waals surface area contributed by atoms with E-state index in [1.807, 2.05) is 0 Å². The molecule has 0 aromatic carbocycles. The van der Waals surface area contributed by atoms with E-state index in [0.29, 0.717) is 12.2 Å². The second-order valence-electron chi connectivity index (χ2n) is 7.80. The van der Waals surface area contributed by atoms with Gasteiger partial charge in [0.05, 0.1) is 12.2 Å². The Morgan fingerprint density at radius 3 is 2.05 bits per heavy atom. The lowest BCUT2D eigenvalue weighted by molar-refractivity contribution is -0.0367. The predicted molar refractivity (Wildman–Crippen MR) is 88.6 cm³/mol. The van der Waals surface area contributed by atoms with Crippen molar-refractivity contribution < 1.29 is 4.74 Å². The molecule has 0 spiro atoms. The minimum absolute atomic E-state index is 0.544. The Bertz CT molecular complexity index is 306. The number of fused-ring (bicyclic) bond motifs is 5. The average molecular weight is 293 g/mol. The highest BCUT2D eigenvalue weighted by molar-refractivity contribution is 4.84. The lowest BCUT2D eigenvalue weighted by Crippen LogP contribution is -2.42. The lowest BCUT2D eigenvalue weighted by Gasteiger charge is -2.37. The van der Waals surface area contributed by atoms with Crippen molar-refractivity contribution in [1.29, 1.82) is 0 Å². The maximum Gasteiger partial charge on any atom is 0.0593 e. The Labute approximate surface area is 131 Å². The van der Waals surface area contributed by atoms with Crippen LogP contribution in [0.1, 0.15) is 89.9 Å². The molecule has 0 N–H and O–H groups in total. The summed E-state index contributed by atoms with van der Waals surface area (Å²) in [7, 11) is 2.42. The van der Waals surface area contributed by atoms with Gasteiger partial charge in [0, 0.05) is 12.1 Å². The third-order valence-corrected chi connectivity index (χ3v) is 6.27. The van der Waals surface area contributed by atoms with Crippen LogP contribution in [0.15, 0.2) is 0 Å². The highest BCUT2D eigenvalue weighted by Gasteiger charge is 2.31. The summed E-state index contributed by atoms with van der Waals surface area (Å²) in [5, 5.41) is 0. The van der Waals surface area contributed by atoms with Crippen molar-refractivity contribution in [3.05, 3.63) is 0 Å². The quantitative estimate of drug-likeness (QED) is 0.629. The molecule has 1 saturated heterocycles. The molecule has 1 heterocycles. The molecule has 4 unspecified atom stereocenters. The number of rotatable bonds is 0. The fraction of sp³-hybridized carbons (Fsp3) is 1.00. The molecule has 0 amide bonds. The van der Waals surface area contributed by atoms with Gasteiger partial charge in [-0.15, -0.1) is 0 Å². The first-order valence-corrected chi connectivity index (χ1v) is 9.70. The average Bonchev–Trinajstić information content (AvgIpc) is 2.53. The Kier molecular flexibility index (Phi) is 5.99. The van der Waals surface area contributed by atoms with Crippen LogP contribution in [0.2, 0.25) is 0 Å². The van der Waals surface area contributed by atoms with Crippen molar-refractivity contribution >= 4 is 0 Å². The van der Waals surface area contributed by atoms with Crippen molar-refractivity contribution in [2.45, 2.75) is 114 Å².